The fraction of sp³-hybridized carbons (Fsp3) is 0.133. The Bertz CT molecular complexity index is 675. The van der Waals surface area contributed by atoms with Crippen molar-refractivity contribution in [2.75, 3.05) is 17.2 Å². The minimum atomic E-state index is -0.430. The maximum atomic E-state index is 13.0. The summed E-state index contributed by atoms with van der Waals surface area (Å²) in [6.07, 6.45) is 0. The molecule has 0 bridgehead atoms. The summed E-state index contributed by atoms with van der Waals surface area (Å²) in [6.45, 7) is 0.546. The van der Waals surface area contributed by atoms with Crippen molar-refractivity contribution in [3.8, 4) is 0 Å². The van der Waals surface area contributed by atoms with Gasteiger partial charge in [0.15, 0.2) is 0 Å². The summed E-state index contributed by atoms with van der Waals surface area (Å²) < 4.78 is 13.0. The molecule has 5 heteroatoms. The highest BCUT2D eigenvalue weighted by Gasteiger charge is 2.28. The summed E-state index contributed by atoms with van der Waals surface area (Å²) in [5.74, 6) is -0.857. The Hall–Kier alpha value is -2.07. The van der Waals surface area contributed by atoms with Gasteiger partial charge in [-0.3, -0.25) is 4.79 Å². The van der Waals surface area contributed by atoms with E-state index in [0.29, 0.717) is 12.2 Å². The van der Waals surface area contributed by atoms with Gasteiger partial charge in [-0.05, 0) is 29.8 Å². The molecule has 0 aromatic heterocycles. The summed E-state index contributed by atoms with van der Waals surface area (Å²) in [4.78, 5) is 12.3. The second-order valence-corrected chi connectivity index (χ2v) is 5.04. The number of halogens is 2. The second-order valence-electron chi connectivity index (χ2n) is 4.63. The molecule has 0 spiro atoms. The van der Waals surface area contributed by atoms with E-state index >= 15 is 0 Å². The first-order chi connectivity index (χ1) is 9.65. The SMILES string of the molecule is O=C(Nc1ccc(F)cc1Cl)C1CNc2ccccc21. The van der Waals surface area contributed by atoms with Gasteiger partial charge >= 0.3 is 0 Å². The number of hydrogen-bond donors (Lipinski definition) is 2. The summed E-state index contributed by atoms with van der Waals surface area (Å²) in [5, 5.41) is 6.12. The Morgan fingerprint density at radius 2 is 2.10 bits per heavy atom. The van der Waals surface area contributed by atoms with Crippen LogP contribution in [-0.4, -0.2) is 12.5 Å². The molecule has 0 saturated carbocycles. The summed E-state index contributed by atoms with van der Waals surface area (Å²) in [5.41, 5.74) is 2.35. The molecule has 0 radical (unpaired) electrons. The van der Waals surface area contributed by atoms with Gasteiger partial charge in [-0.1, -0.05) is 29.8 Å². The van der Waals surface area contributed by atoms with Gasteiger partial charge in [-0.2, -0.15) is 0 Å². The topological polar surface area (TPSA) is 41.1 Å². The van der Waals surface area contributed by atoms with Gasteiger partial charge in [-0.15, -0.1) is 0 Å². The molecule has 3 nitrogen and oxygen atoms in total. The lowest BCUT2D eigenvalue weighted by atomic mass is 10.0. The maximum absolute atomic E-state index is 13.0. The highest BCUT2D eigenvalue weighted by Crippen LogP contribution is 2.32. The summed E-state index contributed by atoms with van der Waals surface area (Å²) in [7, 11) is 0. The third-order valence-corrected chi connectivity index (χ3v) is 3.65. The zero-order chi connectivity index (χ0) is 14.1. The molecule has 3 rings (SSSR count). The van der Waals surface area contributed by atoms with Crippen LogP contribution in [-0.2, 0) is 4.79 Å². The lowest BCUT2D eigenvalue weighted by Gasteiger charge is -2.12. The molecule has 1 aliphatic heterocycles. The van der Waals surface area contributed by atoms with Crippen LogP contribution in [0.2, 0.25) is 5.02 Å². The second kappa shape index (κ2) is 5.13. The zero-order valence-electron chi connectivity index (χ0n) is 10.5. The lowest BCUT2D eigenvalue weighted by Crippen LogP contribution is -2.22. The van der Waals surface area contributed by atoms with Crippen LogP contribution >= 0.6 is 11.6 Å². The van der Waals surface area contributed by atoms with E-state index in [1.165, 1.54) is 18.2 Å². The first-order valence-electron chi connectivity index (χ1n) is 6.24. The average molecular weight is 291 g/mol. The van der Waals surface area contributed by atoms with Crippen molar-refractivity contribution in [2.45, 2.75) is 5.92 Å². The number of carbonyl (C=O) groups excluding carboxylic acids is 1. The Morgan fingerprint density at radius 3 is 2.90 bits per heavy atom. The molecule has 1 amide bonds. The third kappa shape index (κ3) is 2.34. The van der Waals surface area contributed by atoms with Crippen LogP contribution in [0.5, 0.6) is 0 Å². The van der Waals surface area contributed by atoms with E-state index < -0.39 is 5.82 Å². The number of anilines is 2. The monoisotopic (exact) mass is 290 g/mol. The van der Waals surface area contributed by atoms with Crippen molar-refractivity contribution in [2.24, 2.45) is 0 Å². The normalized spacial score (nSPS) is 16.4. The van der Waals surface area contributed by atoms with Crippen LogP contribution in [0.1, 0.15) is 11.5 Å². The predicted octanol–water partition coefficient (Wildman–Crippen LogP) is 3.63. The Morgan fingerprint density at radius 1 is 1.30 bits per heavy atom. The molecule has 1 heterocycles. The number of fused-ring (bicyclic) bond motifs is 1. The van der Waals surface area contributed by atoms with Crippen molar-refractivity contribution >= 4 is 28.9 Å². The van der Waals surface area contributed by atoms with Crippen molar-refractivity contribution in [3.05, 3.63) is 58.9 Å². The molecule has 0 fully saturated rings. The molecular formula is C15H12ClFN2O. The minimum absolute atomic E-state index is 0.157. The first kappa shape index (κ1) is 12.9. The highest BCUT2D eigenvalue weighted by atomic mass is 35.5. The van der Waals surface area contributed by atoms with Gasteiger partial charge in [0, 0.05) is 12.2 Å². The largest absolute Gasteiger partial charge is 0.384 e. The first-order valence-corrected chi connectivity index (χ1v) is 6.61. The van der Waals surface area contributed by atoms with Crippen LogP contribution < -0.4 is 10.6 Å². The fourth-order valence-corrected chi connectivity index (χ4v) is 2.54. The molecular weight excluding hydrogens is 279 g/mol. The van der Waals surface area contributed by atoms with E-state index in [2.05, 4.69) is 10.6 Å². The van der Waals surface area contributed by atoms with E-state index in [9.17, 15) is 9.18 Å². The van der Waals surface area contributed by atoms with Crippen LogP contribution in [0.15, 0.2) is 42.5 Å². The fourth-order valence-electron chi connectivity index (χ4n) is 2.33. The van der Waals surface area contributed by atoms with Crippen molar-refractivity contribution in [3.63, 3.8) is 0 Å². The third-order valence-electron chi connectivity index (χ3n) is 3.34. The highest BCUT2D eigenvalue weighted by molar-refractivity contribution is 6.33. The zero-order valence-corrected chi connectivity index (χ0v) is 11.2. The Labute approximate surface area is 120 Å². The molecule has 1 aliphatic rings. The molecule has 2 aromatic rings. The summed E-state index contributed by atoms with van der Waals surface area (Å²) >= 11 is 5.91. The van der Waals surface area contributed by atoms with E-state index in [4.69, 9.17) is 11.6 Å². The molecule has 2 aromatic carbocycles. The van der Waals surface area contributed by atoms with E-state index in [-0.39, 0.29) is 16.8 Å². The molecule has 0 saturated heterocycles. The van der Waals surface area contributed by atoms with Crippen molar-refractivity contribution in [1.29, 1.82) is 0 Å². The Balaban J connectivity index is 1.81. The smallest absolute Gasteiger partial charge is 0.233 e. The number of hydrogen-bond acceptors (Lipinski definition) is 2. The van der Waals surface area contributed by atoms with E-state index in [1.54, 1.807) is 0 Å². The van der Waals surface area contributed by atoms with Gasteiger partial charge in [0.25, 0.3) is 0 Å². The maximum Gasteiger partial charge on any atom is 0.233 e. The van der Waals surface area contributed by atoms with E-state index in [1.807, 2.05) is 24.3 Å². The van der Waals surface area contributed by atoms with Gasteiger partial charge in [0.05, 0.1) is 16.6 Å². The number of rotatable bonds is 2. The van der Waals surface area contributed by atoms with Crippen molar-refractivity contribution < 1.29 is 9.18 Å². The van der Waals surface area contributed by atoms with Gasteiger partial charge in [0.2, 0.25) is 5.91 Å². The standard InChI is InChI=1S/C15H12ClFN2O/c16-12-7-9(17)5-6-14(12)19-15(20)11-8-18-13-4-2-1-3-10(11)13/h1-7,11,18H,8H2,(H,19,20). The van der Waals surface area contributed by atoms with Crippen molar-refractivity contribution in [1.82, 2.24) is 0 Å². The predicted molar refractivity (Wildman–Crippen MR) is 77.7 cm³/mol. The number of carbonyl (C=O) groups is 1. The van der Waals surface area contributed by atoms with Gasteiger partial charge in [-0.25, -0.2) is 4.39 Å². The van der Waals surface area contributed by atoms with E-state index in [0.717, 1.165) is 11.3 Å². The minimum Gasteiger partial charge on any atom is -0.384 e. The summed E-state index contributed by atoms with van der Waals surface area (Å²) in [6, 6.07) is 11.6. The number of amides is 1. The molecule has 102 valence electrons. The van der Waals surface area contributed by atoms with Crippen LogP contribution in [0, 0.1) is 5.82 Å². The molecule has 20 heavy (non-hydrogen) atoms. The molecule has 1 atom stereocenters. The molecule has 1 unspecified atom stereocenters. The van der Waals surface area contributed by atoms with Crippen LogP contribution in [0.4, 0.5) is 15.8 Å². The van der Waals surface area contributed by atoms with Crippen LogP contribution in [0.3, 0.4) is 0 Å². The Kier molecular flexibility index (Phi) is 3.32. The number of benzene rings is 2. The lowest BCUT2D eigenvalue weighted by molar-refractivity contribution is -0.117. The average Bonchev–Trinajstić information content (AvgIpc) is 2.86. The molecule has 0 aliphatic carbocycles. The number of para-hydroxylation sites is 1. The quantitative estimate of drug-likeness (QED) is 0.887. The van der Waals surface area contributed by atoms with Gasteiger partial charge in [0.1, 0.15) is 5.82 Å². The van der Waals surface area contributed by atoms with Crippen LogP contribution in [0.25, 0.3) is 0 Å². The van der Waals surface area contributed by atoms with Gasteiger partial charge < -0.3 is 10.6 Å². The molecule has 2 N–H and O–H groups in total. The number of nitrogens with one attached hydrogen (secondary N) is 2.